The zero-order valence-corrected chi connectivity index (χ0v) is 24.1. The van der Waals surface area contributed by atoms with E-state index in [0.717, 1.165) is 27.0 Å². The molecule has 7 nitrogen and oxygen atoms in total. The summed E-state index contributed by atoms with van der Waals surface area (Å²) in [6.07, 6.45) is 2.14. The summed E-state index contributed by atoms with van der Waals surface area (Å²) in [5.41, 5.74) is 1.85. The van der Waals surface area contributed by atoms with Crippen molar-refractivity contribution in [1.82, 2.24) is 10.2 Å². The molecule has 0 unspecified atom stereocenters. The Balaban J connectivity index is 2.46. The standard InChI is InChI=1S/C24H30BrCl2N3O4S/c1-5-11-28-24(32)22(6-2)29(14-17-7-10-20(26)21(27)13-17)23(31)15-30(35(4,33)34)18-8-9-19(25)16(3)12-18/h7-10,12-13,22H,5-6,11,14-15H2,1-4H3,(H,28,32)/t22-/m1/s1. The Morgan fingerprint density at radius 3 is 2.31 bits per heavy atom. The van der Waals surface area contributed by atoms with E-state index in [4.69, 9.17) is 23.2 Å². The fraction of sp³-hybridized carbons (Fsp3) is 0.417. The number of nitrogens with one attached hydrogen (secondary N) is 1. The third kappa shape index (κ3) is 8.10. The van der Waals surface area contributed by atoms with E-state index in [2.05, 4.69) is 21.2 Å². The number of carbonyl (C=O) groups is 2. The molecule has 0 aromatic heterocycles. The minimum atomic E-state index is -3.80. The van der Waals surface area contributed by atoms with Gasteiger partial charge in [-0.3, -0.25) is 13.9 Å². The lowest BCUT2D eigenvalue weighted by molar-refractivity contribution is -0.140. The molecule has 1 atom stereocenters. The minimum absolute atomic E-state index is 0.0603. The second kappa shape index (κ2) is 12.9. The van der Waals surface area contributed by atoms with E-state index < -0.39 is 28.5 Å². The molecule has 2 aromatic carbocycles. The smallest absolute Gasteiger partial charge is 0.244 e. The van der Waals surface area contributed by atoms with Crippen molar-refractivity contribution in [1.29, 1.82) is 0 Å². The Bertz CT molecular complexity index is 1180. The van der Waals surface area contributed by atoms with E-state index in [1.807, 2.05) is 13.8 Å². The summed E-state index contributed by atoms with van der Waals surface area (Å²) < 4.78 is 27.2. The summed E-state index contributed by atoms with van der Waals surface area (Å²) in [4.78, 5) is 28.0. The van der Waals surface area contributed by atoms with Crippen LogP contribution in [0.4, 0.5) is 5.69 Å². The van der Waals surface area contributed by atoms with Crippen LogP contribution in [0.15, 0.2) is 40.9 Å². The predicted octanol–water partition coefficient (Wildman–Crippen LogP) is 5.16. The molecule has 0 aliphatic heterocycles. The number of nitrogens with zero attached hydrogens (tertiary/aromatic N) is 2. The van der Waals surface area contributed by atoms with Gasteiger partial charge in [-0.15, -0.1) is 0 Å². The van der Waals surface area contributed by atoms with E-state index in [1.165, 1.54) is 4.90 Å². The Hall–Kier alpha value is -1.81. The lowest BCUT2D eigenvalue weighted by atomic mass is 10.1. The molecule has 0 bridgehead atoms. The van der Waals surface area contributed by atoms with E-state index in [-0.39, 0.29) is 12.5 Å². The van der Waals surface area contributed by atoms with Crippen LogP contribution >= 0.6 is 39.1 Å². The lowest BCUT2D eigenvalue weighted by Gasteiger charge is -2.33. The molecular weight excluding hydrogens is 577 g/mol. The molecule has 2 amide bonds. The van der Waals surface area contributed by atoms with Gasteiger partial charge in [-0.2, -0.15) is 0 Å². The minimum Gasteiger partial charge on any atom is -0.354 e. The van der Waals surface area contributed by atoms with Crippen molar-refractivity contribution in [2.75, 3.05) is 23.7 Å². The lowest BCUT2D eigenvalue weighted by Crippen LogP contribution is -2.52. The molecular formula is C24H30BrCl2N3O4S. The molecule has 0 aliphatic rings. The number of halogens is 3. The summed E-state index contributed by atoms with van der Waals surface area (Å²) in [5, 5.41) is 3.53. The van der Waals surface area contributed by atoms with Gasteiger partial charge in [-0.1, -0.05) is 59.0 Å². The maximum absolute atomic E-state index is 13.6. The quantitative estimate of drug-likeness (QED) is 0.383. The maximum Gasteiger partial charge on any atom is 0.244 e. The van der Waals surface area contributed by atoms with Crippen molar-refractivity contribution < 1.29 is 18.0 Å². The van der Waals surface area contributed by atoms with Crippen molar-refractivity contribution in [3.63, 3.8) is 0 Å². The monoisotopic (exact) mass is 605 g/mol. The van der Waals surface area contributed by atoms with Crippen LogP contribution in [-0.2, 0) is 26.2 Å². The number of hydrogen-bond donors (Lipinski definition) is 1. The van der Waals surface area contributed by atoms with Gasteiger partial charge in [0.15, 0.2) is 0 Å². The van der Waals surface area contributed by atoms with Crippen molar-refractivity contribution in [2.24, 2.45) is 0 Å². The number of hydrogen-bond acceptors (Lipinski definition) is 4. The average Bonchev–Trinajstić information content (AvgIpc) is 2.79. The first-order valence-corrected chi connectivity index (χ1v) is 14.5. The molecule has 0 heterocycles. The van der Waals surface area contributed by atoms with Crippen LogP contribution in [0.2, 0.25) is 10.0 Å². The molecule has 0 fully saturated rings. The van der Waals surface area contributed by atoms with Crippen molar-refractivity contribution >= 4 is 66.7 Å². The van der Waals surface area contributed by atoms with Crippen molar-refractivity contribution in [3.8, 4) is 0 Å². The summed E-state index contributed by atoms with van der Waals surface area (Å²) in [5.74, 6) is -0.811. The van der Waals surface area contributed by atoms with Gasteiger partial charge in [0.2, 0.25) is 21.8 Å². The van der Waals surface area contributed by atoms with Gasteiger partial charge in [0, 0.05) is 17.6 Å². The Kier molecular flexibility index (Phi) is 10.9. The highest BCUT2D eigenvalue weighted by Crippen LogP contribution is 2.26. The topological polar surface area (TPSA) is 86.8 Å². The predicted molar refractivity (Wildman–Crippen MR) is 145 cm³/mol. The second-order valence-electron chi connectivity index (χ2n) is 8.19. The third-order valence-corrected chi connectivity index (χ3v) is 8.15. The van der Waals surface area contributed by atoms with Crippen molar-refractivity contribution in [2.45, 2.75) is 46.2 Å². The summed E-state index contributed by atoms with van der Waals surface area (Å²) >= 11 is 15.6. The number of amides is 2. The Morgan fingerprint density at radius 1 is 1.09 bits per heavy atom. The first-order chi connectivity index (χ1) is 16.4. The summed E-state index contributed by atoms with van der Waals surface area (Å²) in [6, 6.07) is 9.22. The van der Waals surface area contributed by atoms with Gasteiger partial charge in [0.25, 0.3) is 0 Å². The highest BCUT2D eigenvalue weighted by Gasteiger charge is 2.31. The fourth-order valence-corrected chi connectivity index (χ4v) is 4.93. The molecule has 0 radical (unpaired) electrons. The fourth-order valence-electron chi connectivity index (χ4n) is 3.52. The van der Waals surface area contributed by atoms with Crippen LogP contribution in [0.3, 0.4) is 0 Å². The molecule has 11 heteroatoms. The molecule has 0 aliphatic carbocycles. The summed E-state index contributed by atoms with van der Waals surface area (Å²) in [6.45, 7) is 5.64. The zero-order valence-electron chi connectivity index (χ0n) is 20.1. The first-order valence-electron chi connectivity index (χ1n) is 11.1. The maximum atomic E-state index is 13.6. The normalized spacial score (nSPS) is 12.2. The second-order valence-corrected chi connectivity index (χ2v) is 11.8. The van der Waals surface area contributed by atoms with Crippen LogP contribution in [0.25, 0.3) is 0 Å². The van der Waals surface area contributed by atoms with Gasteiger partial charge in [-0.25, -0.2) is 8.42 Å². The van der Waals surface area contributed by atoms with Crippen LogP contribution in [-0.4, -0.2) is 50.5 Å². The van der Waals surface area contributed by atoms with Gasteiger partial charge in [0.05, 0.1) is 22.0 Å². The zero-order chi connectivity index (χ0) is 26.3. The molecule has 0 saturated heterocycles. The van der Waals surface area contributed by atoms with E-state index in [0.29, 0.717) is 34.3 Å². The third-order valence-electron chi connectivity index (χ3n) is 5.38. The van der Waals surface area contributed by atoms with E-state index in [9.17, 15) is 18.0 Å². The number of benzene rings is 2. The van der Waals surface area contributed by atoms with Crippen LogP contribution in [0, 0.1) is 6.92 Å². The van der Waals surface area contributed by atoms with Crippen LogP contribution in [0.1, 0.15) is 37.8 Å². The molecule has 2 rings (SSSR count). The molecule has 0 saturated carbocycles. The molecule has 192 valence electrons. The van der Waals surface area contributed by atoms with Gasteiger partial charge < -0.3 is 10.2 Å². The first kappa shape index (κ1) is 29.4. The molecule has 0 spiro atoms. The number of carbonyl (C=O) groups excluding carboxylic acids is 2. The summed E-state index contributed by atoms with van der Waals surface area (Å²) in [7, 11) is -3.80. The average molecular weight is 607 g/mol. The molecule has 1 N–H and O–H groups in total. The SMILES string of the molecule is CCCNC(=O)[C@@H](CC)N(Cc1ccc(Cl)c(Cl)c1)C(=O)CN(c1ccc(Br)c(C)c1)S(C)(=O)=O. The number of aryl methyl sites for hydroxylation is 1. The number of rotatable bonds is 11. The van der Waals surface area contributed by atoms with Gasteiger partial charge >= 0.3 is 0 Å². The molecule has 2 aromatic rings. The highest BCUT2D eigenvalue weighted by molar-refractivity contribution is 9.10. The molecule has 35 heavy (non-hydrogen) atoms. The van der Waals surface area contributed by atoms with Gasteiger partial charge in [-0.05, 0) is 61.2 Å². The van der Waals surface area contributed by atoms with Crippen LogP contribution < -0.4 is 9.62 Å². The number of sulfonamides is 1. The van der Waals surface area contributed by atoms with Crippen molar-refractivity contribution in [3.05, 3.63) is 62.0 Å². The van der Waals surface area contributed by atoms with E-state index in [1.54, 1.807) is 43.3 Å². The van der Waals surface area contributed by atoms with Crippen LogP contribution in [0.5, 0.6) is 0 Å². The van der Waals surface area contributed by atoms with E-state index >= 15 is 0 Å². The Morgan fingerprint density at radius 2 is 1.77 bits per heavy atom. The largest absolute Gasteiger partial charge is 0.354 e. The number of anilines is 1. The van der Waals surface area contributed by atoms with Gasteiger partial charge in [0.1, 0.15) is 12.6 Å². The highest BCUT2D eigenvalue weighted by atomic mass is 79.9. The Labute approximate surface area is 225 Å².